The second-order valence-electron chi connectivity index (χ2n) is 7.17. The molecule has 1 aromatic heterocycles. The molecular weight excluding hydrogens is 483 g/mol. The van der Waals surface area contributed by atoms with Crippen molar-refractivity contribution in [1.29, 1.82) is 0 Å². The van der Waals surface area contributed by atoms with Crippen LogP contribution in [0.5, 0.6) is 5.75 Å². The Morgan fingerprint density at radius 3 is 2.59 bits per heavy atom. The summed E-state index contributed by atoms with van der Waals surface area (Å²) in [6, 6.07) is 7.97. The molecule has 0 saturated heterocycles. The third-order valence-corrected chi connectivity index (χ3v) is 5.18. The van der Waals surface area contributed by atoms with Gasteiger partial charge >= 0.3 is 6.18 Å². The summed E-state index contributed by atoms with van der Waals surface area (Å²) >= 11 is 6.03. The number of halogens is 6. The highest BCUT2D eigenvalue weighted by Crippen LogP contribution is 2.33. The van der Waals surface area contributed by atoms with E-state index in [0.29, 0.717) is 23.0 Å². The van der Waals surface area contributed by atoms with Crippen LogP contribution in [0.2, 0.25) is 5.02 Å². The van der Waals surface area contributed by atoms with Crippen molar-refractivity contribution < 1.29 is 31.5 Å². The molecule has 176 valence electrons. The van der Waals surface area contributed by atoms with Gasteiger partial charge in [0, 0.05) is 22.9 Å². The third kappa shape index (κ3) is 4.74. The van der Waals surface area contributed by atoms with Crippen LogP contribution in [0.15, 0.2) is 48.5 Å². The van der Waals surface area contributed by atoms with Crippen molar-refractivity contribution in [3.63, 3.8) is 0 Å². The van der Waals surface area contributed by atoms with Crippen molar-refractivity contribution in [2.75, 3.05) is 11.1 Å². The molecular formula is C22H14ClF5N4O2. The first-order valence-electron chi connectivity index (χ1n) is 9.55. The van der Waals surface area contributed by atoms with Crippen LogP contribution in [0.25, 0.3) is 10.9 Å². The quantitative estimate of drug-likeness (QED) is 0.299. The maximum atomic E-state index is 13.8. The minimum absolute atomic E-state index is 0.0120. The fourth-order valence-electron chi connectivity index (χ4n) is 3.29. The molecule has 0 unspecified atom stereocenters. The number of aromatic nitrogens is 2. The van der Waals surface area contributed by atoms with E-state index < -0.39 is 34.8 Å². The van der Waals surface area contributed by atoms with Crippen molar-refractivity contribution in [3.05, 3.63) is 81.9 Å². The average Bonchev–Trinajstić information content (AvgIpc) is 3.15. The maximum absolute atomic E-state index is 13.8. The van der Waals surface area contributed by atoms with Crippen molar-refractivity contribution >= 4 is 39.9 Å². The lowest BCUT2D eigenvalue weighted by atomic mass is 10.1. The molecule has 1 amide bonds. The number of benzene rings is 3. The van der Waals surface area contributed by atoms with Gasteiger partial charge in [0.2, 0.25) is 0 Å². The molecule has 0 saturated carbocycles. The van der Waals surface area contributed by atoms with Gasteiger partial charge in [0.05, 0.1) is 21.5 Å². The monoisotopic (exact) mass is 496 g/mol. The Balaban J connectivity index is 1.70. The van der Waals surface area contributed by atoms with Crippen LogP contribution < -0.4 is 15.8 Å². The fourth-order valence-corrected chi connectivity index (χ4v) is 3.47. The van der Waals surface area contributed by atoms with E-state index in [1.807, 2.05) is 0 Å². The number of alkyl halides is 3. The number of nitrogens with one attached hydrogen (secondary N) is 2. The molecule has 0 spiro atoms. The molecule has 4 rings (SSSR count). The minimum Gasteiger partial charge on any atom is -0.487 e. The summed E-state index contributed by atoms with van der Waals surface area (Å²) < 4.78 is 72.1. The van der Waals surface area contributed by atoms with Gasteiger partial charge in [-0.2, -0.15) is 18.3 Å². The van der Waals surface area contributed by atoms with Gasteiger partial charge in [0.1, 0.15) is 24.0 Å². The van der Waals surface area contributed by atoms with Gasteiger partial charge in [-0.1, -0.05) is 11.6 Å². The lowest BCUT2D eigenvalue weighted by Gasteiger charge is -2.15. The summed E-state index contributed by atoms with van der Waals surface area (Å²) in [5.74, 6) is -2.76. The van der Waals surface area contributed by atoms with Gasteiger partial charge in [0.25, 0.3) is 5.91 Å². The maximum Gasteiger partial charge on any atom is 0.416 e. The lowest BCUT2D eigenvalue weighted by Crippen LogP contribution is -2.16. The average molecular weight is 497 g/mol. The zero-order chi connectivity index (χ0) is 24.6. The summed E-state index contributed by atoms with van der Waals surface area (Å²) in [4.78, 5) is 12.7. The van der Waals surface area contributed by atoms with Crippen LogP contribution in [0, 0.1) is 11.6 Å². The van der Waals surface area contributed by atoms with E-state index in [1.165, 1.54) is 18.2 Å². The van der Waals surface area contributed by atoms with Crippen LogP contribution in [0.3, 0.4) is 0 Å². The molecule has 0 radical (unpaired) electrons. The van der Waals surface area contributed by atoms with E-state index in [4.69, 9.17) is 22.1 Å². The van der Waals surface area contributed by atoms with Crippen molar-refractivity contribution in [3.8, 4) is 5.75 Å². The zero-order valence-corrected chi connectivity index (χ0v) is 17.7. The Kier molecular flexibility index (Phi) is 6.05. The minimum atomic E-state index is -4.84. The van der Waals surface area contributed by atoms with Crippen molar-refractivity contribution in [2.45, 2.75) is 12.8 Å². The molecule has 0 aliphatic heterocycles. The molecule has 0 aliphatic rings. The van der Waals surface area contributed by atoms with Crippen LogP contribution >= 0.6 is 11.6 Å². The van der Waals surface area contributed by atoms with Crippen LogP contribution in [0.4, 0.5) is 33.5 Å². The van der Waals surface area contributed by atoms with E-state index >= 15 is 0 Å². The Hall–Kier alpha value is -3.86. The first-order valence-corrected chi connectivity index (χ1v) is 9.93. The van der Waals surface area contributed by atoms with Gasteiger partial charge in [-0.15, -0.1) is 0 Å². The molecule has 3 aromatic carbocycles. The number of ether oxygens (including phenoxy) is 1. The highest BCUT2D eigenvalue weighted by atomic mass is 35.5. The summed E-state index contributed by atoms with van der Waals surface area (Å²) in [7, 11) is 0. The van der Waals surface area contributed by atoms with Gasteiger partial charge in [0.15, 0.2) is 5.82 Å². The Bertz CT molecular complexity index is 1400. The number of amides is 1. The molecule has 4 N–H and O–H groups in total. The SMILES string of the molecule is Nc1n[nH]c2ccc(NC(=O)c3cc(F)cc(C(F)(F)F)c3)c(COc3cc(F)ccc3Cl)c12. The highest BCUT2D eigenvalue weighted by molar-refractivity contribution is 6.32. The van der Waals surface area contributed by atoms with Gasteiger partial charge in [-0.25, -0.2) is 8.78 Å². The van der Waals surface area contributed by atoms with Crippen LogP contribution in [-0.2, 0) is 12.8 Å². The first-order chi connectivity index (χ1) is 16.0. The van der Waals surface area contributed by atoms with Gasteiger partial charge in [-0.05, 0) is 42.5 Å². The molecule has 4 aromatic rings. The van der Waals surface area contributed by atoms with Crippen LogP contribution in [-0.4, -0.2) is 16.1 Å². The predicted molar refractivity (Wildman–Crippen MR) is 116 cm³/mol. The number of hydrogen-bond acceptors (Lipinski definition) is 4. The molecule has 34 heavy (non-hydrogen) atoms. The van der Waals surface area contributed by atoms with E-state index in [-0.39, 0.29) is 40.5 Å². The van der Waals surface area contributed by atoms with E-state index in [2.05, 4.69) is 15.5 Å². The number of anilines is 2. The topological polar surface area (TPSA) is 93.0 Å². The molecule has 1 heterocycles. The normalized spacial score (nSPS) is 11.6. The second-order valence-corrected chi connectivity index (χ2v) is 7.57. The summed E-state index contributed by atoms with van der Waals surface area (Å²) in [6.07, 6.45) is -4.84. The predicted octanol–water partition coefficient (Wildman–Crippen LogP) is 5.93. The standard InChI is InChI=1S/C22H14ClF5N4O2/c23-15-2-1-12(24)8-18(15)34-9-14-16(3-4-17-19(14)20(29)32-31-17)30-21(33)10-5-11(22(26,27)28)7-13(25)6-10/h1-8H,9H2,(H,30,33)(H3,29,31,32). The highest BCUT2D eigenvalue weighted by Gasteiger charge is 2.32. The molecule has 0 atom stereocenters. The fraction of sp³-hybridized carbons (Fsp3) is 0.0909. The molecule has 0 fully saturated rings. The molecule has 12 heteroatoms. The number of nitrogens with zero attached hydrogens (tertiary/aromatic N) is 1. The van der Waals surface area contributed by atoms with Crippen LogP contribution in [0.1, 0.15) is 21.5 Å². The number of rotatable bonds is 5. The number of fused-ring (bicyclic) bond motifs is 1. The summed E-state index contributed by atoms with van der Waals surface area (Å²) in [5.41, 5.74) is 4.94. The Morgan fingerprint density at radius 1 is 1.09 bits per heavy atom. The third-order valence-electron chi connectivity index (χ3n) is 4.87. The molecule has 6 nitrogen and oxygen atoms in total. The smallest absolute Gasteiger partial charge is 0.416 e. The number of aromatic amines is 1. The van der Waals surface area contributed by atoms with Crippen molar-refractivity contribution in [2.24, 2.45) is 0 Å². The molecule has 0 bridgehead atoms. The number of carbonyl (C=O) groups excluding carboxylic acids is 1. The van der Waals surface area contributed by atoms with E-state index in [9.17, 15) is 26.7 Å². The lowest BCUT2D eigenvalue weighted by molar-refractivity contribution is -0.137. The number of nitrogen functional groups attached to an aromatic ring is 1. The number of carbonyl (C=O) groups is 1. The van der Waals surface area contributed by atoms with E-state index in [1.54, 1.807) is 0 Å². The number of H-pyrrole nitrogens is 1. The van der Waals surface area contributed by atoms with Gasteiger partial charge in [-0.3, -0.25) is 9.89 Å². The summed E-state index contributed by atoms with van der Waals surface area (Å²) in [5, 5.41) is 9.51. The molecule has 0 aliphatic carbocycles. The van der Waals surface area contributed by atoms with E-state index in [0.717, 1.165) is 12.1 Å². The summed E-state index contributed by atoms with van der Waals surface area (Å²) in [6.45, 7) is -0.267. The van der Waals surface area contributed by atoms with Gasteiger partial charge < -0.3 is 15.8 Å². The number of hydrogen-bond donors (Lipinski definition) is 3. The van der Waals surface area contributed by atoms with Crippen molar-refractivity contribution in [1.82, 2.24) is 10.2 Å². The largest absolute Gasteiger partial charge is 0.487 e. The number of nitrogens with two attached hydrogens (primary N) is 1. The second kappa shape index (κ2) is 8.82. The Morgan fingerprint density at radius 2 is 1.85 bits per heavy atom. The zero-order valence-electron chi connectivity index (χ0n) is 16.9. The first kappa shape index (κ1) is 23.3. The Labute approximate surface area is 193 Å².